The van der Waals surface area contributed by atoms with Gasteiger partial charge < -0.3 is 14.2 Å². The second-order valence-electron chi connectivity index (χ2n) is 8.75. The smallest absolute Gasteiger partial charge is 0.308 e. The Bertz CT molecular complexity index is 447. The van der Waals surface area contributed by atoms with E-state index in [1.54, 1.807) is 0 Å². The topological polar surface area (TPSA) is 78.9 Å². The first kappa shape index (κ1) is 28.4. The van der Waals surface area contributed by atoms with Gasteiger partial charge in [0, 0.05) is 0 Å². The Morgan fingerprint density at radius 3 is 1.07 bits per heavy atom. The van der Waals surface area contributed by atoms with Crippen molar-refractivity contribution in [3.63, 3.8) is 0 Å². The Morgan fingerprint density at radius 1 is 0.600 bits per heavy atom. The van der Waals surface area contributed by atoms with E-state index in [-0.39, 0.29) is 55.5 Å². The first-order valence-electron chi connectivity index (χ1n) is 11.7. The molecule has 0 fully saturated rings. The minimum atomic E-state index is -0.745. The first-order valence-corrected chi connectivity index (χ1v) is 11.7. The van der Waals surface area contributed by atoms with E-state index in [4.69, 9.17) is 14.2 Å². The minimum absolute atomic E-state index is 0.0568. The van der Waals surface area contributed by atoms with Crippen LogP contribution in [0.15, 0.2) is 0 Å². The van der Waals surface area contributed by atoms with Crippen LogP contribution in [0.5, 0.6) is 0 Å². The van der Waals surface area contributed by atoms with Gasteiger partial charge in [-0.05, 0) is 25.7 Å². The van der Waals surface area contributed by atoms with Crippen molar-refractivity contribution in [2.75, 3.05) is 19.8 Å². The summed E-state index contributed by atoms with van der Waals surface area (Å²) in [5.41, 5.74) is -0.745. The fraction of sp³-hybridized carbons (Fsp3) is 0.875. The maximum absolute atomic E-state index is 12.3. The molecule has 0 spiro atoms. The molecule has 0 aromatic rings. The number of ether oxygens (including phenoxy) is 3. The lowest BCUT2D eigenvalue weighted by molar-refractivity contribution is -0.167. The molecule has 0 rings (SSSR count). The molecule has 0 N–H and O–H groups in total. The second kappa shape index (κ2) is 15.2. The van der Waals surface area contributed by atoms with E-state index in [1.807, 2.05) is 48.5 Å². The molecular formula is C24H44O6. The van der Waals surface area contributed by atoms with Gasteiger partial charge in [0.2, 0.25) is 0 Å². The van der Waals surface area contributed by atoms with E-state index in [9.17, 15) is 14.4 Å². The van der Waals surface area contributed by atoms with Crippen LogP contribution in [0.1, 0.15) is 93.4 Å². The number of carbonyl (C=O) groups is 3. The Morgan fingerprint density at radius 2 is 0.867 bits per heavy atom. The third-order valence-electron chi connectivity index (χ3n) is 5.68. The highest BCUT2D eigenvalue weighted by Gasteiger charge is 2.35. The minimum Gasteiger partial charge on any atom is -0.465 e. The van der Waals surface area contributed by atoms with Crippen LogP contribution in [0.3, 0.4) is 0 Å². The summed E-state index contributed by atoms with van der Waals surface area (Å²) in [6, 6.07) is 0. The number of hydrogen-bond acceptors (Lipinski definition) is 6. The van der Waals surface area contributed by atoms with E-state index in [0.717, 1.165) is 38.5 Å². The normalized spacial score (nSPS) is 16.1. The lowest BCUT2D eigenvalue weighted by Gasteiger charge is -2.32. The summed E-state index contributed by atoms with van der Waals surface area (Å²) in [5, 5.41) is 0. The van der Waals surface area contributed by atoms with Gasteiger partial charge in [0.15, 0.2) is 0 Å². The number of rotatable bonds is 16. The molecule has 0 aromatic heterocycles. The average Bonchev–Trinajstić information content (AvgIpc) is 2.73. The Labute approximate surface area is 183 Å². The highest BCUT2D eigenvalue weighted by molar-refractivity contribution is 5.73. The lowest BCUT2D eigenvalue weighted by Crippen LogP contribution is -2.40. The molecule has 0 radical (unpaired) electrons. The predicted octanol–water partition coefficient (Wildman–Crippen LogP) is 5.32. The summed E-state index contributed by atoms with van der Waals surface area (Å²) in [6.45, 7) is 13.7. The molecule has 0 bridgehead atoms. The van der Waals surface area contributed by atoms with Crippen LogP contribution in [0, 0.1) is 23.2 Å². The molecular weight excluding hydrogens is 384 g/mol. The van der Waals surface area contributed by atoms with Crippen molar-refractivity contribution >= 4 is 17.9 Å². The summed E-state index contributed by atoms with van der Waals surface area (Å²) in [4.78, 5) is 37.0. The maximum Gasteiger partial charge on any atom is 0.308 e. The number of esters is 3. The molecule has 176 valence electrons. The van der Waals surface area contributed by atoms with Gasteiger partial charge in [-0.2, -0.15) is 0 Å². The second-order valence-corrected chi connectivity index (χ2v) is 8.75. The summed E-state index contributed by atoms with van der Waals surface area (Å²) in [5.74, 6) is -1.39. The zero-order valence-corrected chi connectivity index (χ0v) is 20.3. The average molecular weight is 429 g/mol. The van der Waals surface area contributed by atoms with Crippen LogP contribution >= 0.6 is 0 Å². The number of hydrogen-bond donors (Lipinski definition) is 0. The molecule has 3 atom stereocenters. The van der Waals surface area contributed by atoms with Crippen molar-refractivity contribution in [3.05, 3.63) is 0 Å². The monoisotopic (exact) mass is 428 g/mol. The summed E-state index contributed by atoms with van der Waals surface area (Å²) in [7, 11) is 0. The lowest BCUT2D eigenvalue weighted by atomic mass is 9.87. The van der Waals surface area contributed by atoms with Crippen molar-refractivity contribution < 1.29 is 28.6 Å². The van der Waals surface area contributed by atoms with Crippen molar-refractivity contribution in [2.24, 2.45) is 23.2 Å². The molecule has 0 aliphatic carbocycles. The Hall–Kier alpha value is -1.59. The van der Waals surface area contributed by atoms with Crippen molar-refractivity contribution in [3.8, 4) is 0 Å². The van der Waals surface area contributed by atoms with Gasteiger partial charge in [-0.25, -0.2) is 0 Å². The molecule has 0 heterocycles. The van der Waals surface area contributed by atoms with Crippen molar-refractivity contribution in [1.29, 1.82) is 0 Å². The summed E-state index contributed by atoms with van der Waals surface area (Å²) in [6.07, 6.45) is 5.51. The van der Waals surface area contributed by atoms with E-state index >= 15 is 0 Å². The molecule has 0 aliphatic rings. The molecule has 30 heavy (non-hydrogen) atoms. The van der Waals surface area contributed by atoms with E-state index in [1.165, 1.54) is 0 Å². The van der Waals surface area contributed by atoms with E-state index < -0.39 is 5.41 Å². The fourth-order valence-corrected chi connectivity index (χ4v) is 3.18. The van der Waals surface area contributed by atoms with Crippen molar-refractivity contribution in [2.45, 2.75) is 93.4 Å². The zero-order valence-electron chi connectivity index (χ0n) is 20.3. The third kappa shape index (κ3) is 10.4. The zero-order chi connectivity index (χ0) is 23.2. The van der Waals surface area contributed by atoms with Crippen LogP contribution in [0.25, 0.3) is 0 Å². The van der Waals surface area contributed by atoms with Gasteiger partial charge in [-0.3, -0.25) is 14.4 Å². The van der Waals surface area contributed by atoms with Gasteiger partial charge in [-0.15, -0.1) is 0 Å². The highest BCUT2D eigenvalue weighted by atomic mass is 16.6. The van der Waals surface area contributed by atoms with Gasteiger partial charge >= 0.3 is 17.9 Å². The van der Waals surface area contributed by atoms with Crippen LogP contribution in [0.4, 0.5) is 0 Å². The summed E-state index contributed by atoms with van der Waals surface area (Å²) >= 11 is 0. The van der Waals surface area contributed by atoms with Gasteiger partial charge in [-0.1, -0.05) is 67.7 Å². The molecule has 0 aromatic carbocycles. The quantitative estimate of drug-likeness (QED) is 0.244. The molecule has 3 unspecified atom stereocenters. The predicted molar refractivity (Wildman–Crippen MR) is 118 cm³/mol. The van der Waals surface area contributed by atoms with Crippen LogP contribution in [-0.4, -0.2) is 37.7 Å². The van der Waals surface area contributed by atoms with Crippen molar-refractivity contribution in [1.82, 2.24) is 0 Å². The highest BCUT2D eigenvalue weighted by Crippen LogP contribution is 2.26. The third-order valence-corrected chi connectivity index (χ3v) is 5.68. The SMILES string of the molecule is CCCC(C)C(=O)OCC(CC)(COC(=O)C(C)CCC)COC(=O)C(C)CCC. The van der Waals surface area contributed by atoms with E-state index in [0.29, 0.717) is 6.42 Å². The van der Waals surface area contributed by atoms with Gasteiger partial charge in [0.05, 0.1) is 23.2 Å². The standard InChI is InChI=1S/C24H44O6/c1-8-12-18(5)21(25)28-15-24(11-4,16-29-22(26)19(6)13-9-2)17-30-23(27)20(7)14-10-3/h18-20H,8-17H2,1-7H3. The van der Waals surface area contributed by atoms with Gasteiger partial charge in [0.1, 0.15) is 19.8 Å². The van der Waals surface area contributed by atoms with E-state index in [2.05, 4.69) is 0 Å². The molecule has 6 heteroatoms. The maximum atomic E-state index is 12.3. The first-order chi connectivity index (χ1) is 14.2. The van der Waals surface area contributed by atoms with Crippen LogP contribution < -0.4 is 0 Å². The van der Waals surface area contributed by atoms with Gasteiger partial charge in [0.25, 0.3) is 0 Å². The van der Waals surface area contributed by atoms with Crippen LogP contribution in [-0.2, 0) is 28.6 Å². The summed E-state index contributed by atoms with van der Waals surface area (Å²) < 4.78 is 16.7. The Balaban J connectivity index is 5.19. The molecule has 0 saturated heterocycles. The molecule has 0 aliphatic heterocycles. The number of carbonyl (C=O) groups excluding carboxylic acids is 3. The fourth-order valence-electron chi connectivity index (χ4n) is 3.18. The Kier molecular flexibility index (Phi) is 14.4. The molecule has 0 saturated carbocycles. The molecule has 6 nitrogen and oxygen atoms in total. The molecule has 0 amide bonds. The largest absolute Gasteiger partial charge is 0.465 e. The van der Waals surface area contributed by atoms with Crippen LogP contribution in [0.2, 0.25) is 0 Å².